The van der Waals surface area contributed by atoms with Crippen LogP contribution >= 0.6 is 27.0 Å². The Hall–Kier alpha value is -7.04. The number of ketones is 4. The molecular weight excluding hydrogens is 817 g/mol. The summed E-state index contributed by atoms with van der Waals surface area (Å²) in [4.78, 5) is 46.3. The highest BCUT2D eigenvalue weighted by Crippen LogP contribution is 2.31. The van der Waals surface area contributed by atoms with E-state index < -0.39 is 11.6 Å². The van der Waals surface area contributed by atoms with Crippen molar-refractivity contribution in [3.8, 4) is 0 Å². The van der Waals surface area contributed by atoms with Crippen LogP contribution in [0, 0.1) is 0 Å². The molecule has 0 spiro atoms. The van der Waals surface area contributed by atoms with Crippen LogP contribution in [0.15, 0.2) is 170 Å². The van der Waals surface area contributed by atoms with Gasteiger partial charge < -0.3 is 0 Å². The van der Waals surface area contributed by atoms with Gasteiger partial charge in [0.05, 0.1) is 0 Å². The molecule has 0 amide bonds. The van der Waals surface area contributed by atoms with E-state index in [9.17, 15) is 19.2 Å². The summed E-state index contributed by atoms with van der Waals surface area (Å²) in [5.41, 5.74) is 7.83. The molecule has 0 unspecified atom stereocenters. The zero-order chi connectivity index (χ0) is 40.9. The fourth-order valence-electron chi connectivity index (χ4n) is 7.88. The fourth-order valence-corrected chi connectivity index (χ4v) is 7.88. The van der Waals surface area contributed by atoms with Gasteiger partial charge in [-0.25, -0.2) is 0 Å². The number of allylic oxidation sites excluding steroid dienone is 4. The topological polar surface area (TPSA) is 102 Å². The van der Waals surface area contributed by atoms with Crippen molar-refractivity contribution in [2.75, 3.05) is 0 Å². The van der Waals surface area contributed by atoms with E-state index in [0.29, 0.717) is 0 Å². The van der Waals surface area contributed by atoms with Crippen molar-refractivity contribution >= 4 is 129 Å². The highest BCUT2D eigenvalue weighted by molar-refractivity contribution is 7.59. The molecule has 6 nitrogen and oxygen atoms in total. The predicted octanol–water partition coefficient (Wildman–Crippen LogP) is 11.8. The van der Waals surface area contributed by atoms with Crippen LogP contribution in [-0.2, 0) is 11.6 Å². The van der Waals surface area contributed by atoms with Crippen molar-refractivity contribution in [3.63, 3.8) is 0 Å². The maximum absolute atomic E-state index is 11.6. The number of benzene rings is 8. The molecule has 4 aliphatic carbocycles. The lowest BCUT2D eigenvalue weighted by Gasteiger charge is -2.10. The van der Waals surface area contributed by atoms with E-state index in [-0.39, 0.29) is 50.1 Å². The molecule has 0 aliphatic heterocycles. The van der Waals surface area contributed by atoms with Crippen molar-refractivity contribution in [2.24, 2.45) is 0 Å². The molecule has 0 fully saturated rings. The van der Waals surface area contributed by atoms with E-state index in [1.54, 1.807) is 24.3 Å². The quantitative estimate of drug-likeness (QED) is 0.151. The molecule has 9 heteroatoms. The number of hydrogen-bond acceptors (Lipinski definition) is 6. The van der Waals surface area contributed by atoms with Gasteiger partial charge in [-0.2, -0.15) is 35.4 Å². The lowest BCUT2D eigenvalue weighted by molar-refractivity contribution is 0.104. The summed E-state index contributed by atoms with van der Waals surface area (Å²) in [5.74, 6) is 0.423. The molecule has 0 saturated carbocycles. The molecule has 0 bridgehead atoms. The minimum atomic E-state index is -0.750. The Morgan fingerprint density at radius 2 is 0.443 bits per heavy atom. The smallest absolute Gasteiger partial charge is 0.289 e. The highest BCUT2D eigenvalue weighted by atomic mass is 32.1. The first-order chi connectivity index (χ1) is 28.9. The Kier molecular flexibility index (Phi) is 13.8. The third-order valence-electron chi connectivity index (χ3n) is 10.5. The standard InChI is InChI=1S/4C13H8O.O2S.2H2S/c4*14-12-8-7-10-4-1-3-9-5-2-6-11(12)13(9)10;1-3-2;;/h4*1-8H;;2*1H2. The molecular formula is C52H36O6S3. The summed E-state index contributed by atoms with van der Waals surface area (Å²) in [6.07, 6.45) is 14.1. The van der Waals surface area contributed by atoms with Crippen LogP contribution in [0.5, 0.6) is 0 Å². The molecule has 0 saturated heterocycles. The summed E-state index contributed by atoms with van der Waals surface area (Å²) in [7, 11) is 0. The van der Waals surface area contributed by atoms with Crippen LogP contribution in [0.1, 0.15) is 63.7 Å². The highest BCUT2D eigenvalue weighted by Gasteiger charge is 2.16. The molecule has 8 aromatic carbocycles. The summed E-state index contributed by atoms with van der Waals surface area (Å²) < 4.78 is 16.6. The van der Waals surface area contributed by atoms with E-state index in [1.165, 1.54) is 0 Å². The zero-order valence-electron chi connectivity index (χ0n) is 32.3. The van der Waals surface area contributed by atoms with Gasteiger partial charge in [0.1, 0.15) is 0 Å². The molecule has 0 radical (unpaired) electrons. The van der Waals surface area contributed by atoms with E-state index in [0.717, 1.165) is 87.6 Å². The molecule has 61 heavy (non-hydrogen) atoms. The van der Waals surface area contributed by atoms with E-state index in [1.807, 2.05) is 170 Å². The number of hydrogen-bond donors (Lipinski definition) is 0. The molecule has 298 valence electrons. The lowest BCUT2D eigenvalue weighted by Crippen LogP contribution is -2.00. The van der Waals surface area contributed by atoms with E-state index in [2.05, 4.69) is 0 Å². The Balaban J connectivity index is 0.000000132. The van der Waals surface area contributed by atoms with Gasteiger partial charge in [0.2, 0.25) is 0 Å². The maximum atomic E-state index is 11.6. The van der Waals surface area contributed by atoms with Gasteiger partial charge in [-0.05, 0) is 68.1 Å². The minimum Gasteiger partial charge on any atom is -0.289 e. The molecule has 0 atom stereocenters. The molecule has 0 N–H and O–H groups in total. The Morgan fingerprint density at radius 1 is 0.262 bits per heavy atom. The first kappa shape index (κ1) is 43.5. The van der Waals surface area contributed by atoms with Gasteiger partial charge >= 0.3 is 11.6 Å². The molecule has 12 rings (SSSR count). The van der Waals surface area contributed by atoms with Crippen LogP contribution < -0.4 is 0 Å². The predicted molar refractivity (Wildman–Crippen MR) is 259 cm³/mol. The molecule has 0 aromatic heterocycles. The van der Waals surface area contributed by atoms with Crippen molar-refractivity contribution in [2.45, 2.75) is 0 Å². The molecule has 4 aliphatic rings. The second-order valence-electron chi connectivity index (χ2n) is 13.9. The second kappa shape index (κ2) is 19.4. The van der Waals surface area contributed by atoms with Crippen molar-refractivity contribution in [1.82, 2.24) is 0 Å². The third-order valence-corrected chi connectivity index (χ3v) is 10.5. The summed E-state index contributed by atoms with van der Waals surface area (Å²) in [6, 6.07) is 47.8. The SMILES string of the molecule is O=C1C=Cc2cccc3cccc1c23.O=C1C=Cc2cccc3cccc1c23.O=C1C=Cc2cccc3cccc1c23.O=C1C=Cc2cccc3cccc1c23.O=S=O.S.S. The van der Waals surface area contributed by atoms with E-state index >= 15 is 0 Å². The zero-order valence-corrected chi connectivity index (χ0v) is 35.1. The Bertz CT molecular complexity index is 2780. The maximum Gasteiger partial charge on any atom is 0.335 e. The van der Waals surface area contributed by atoms with Gasteiger partial charge in [0.25, 0.3) is 0 Å². The van der Waals surface area contributed by atoms with Crippen LogP contribution in [-0.4, -0.2) is 31.6 Å². The van der Waals surface area contributed by atoms with Crippen LogP contribution in [0.3, 0.4) is 0 Å². The average molecular weight is 853 g/mol. The Labute approximate surface area is 369 Å². The largest absolute Gasteiger partial charge is 0.335 e. The van der Waals surface area contributed by atoms with E-state index in [4.69, 9.17) is 8.42 Å². The van der Waals surface area contributed by atoms with Gasteiger partial charge in [-0.1, -0.05) is 170 Å². The monoisotopic (exact) mass is 852 g/mol. The summed E-state index contributed by atoms with van der Waals surface area (Å²) in [6.45, 7) is 0. The summed E-state index contributed by atoms with van der Waals surface area (Å²) in [5, 5.41) is 8.89. The number of carbonyl (C=O) groups excluding carboxylic acids is 4. The second-order valence-corrected chi connectivity index (χ2v) is 14.0. The van der Waals surface area contributed by atoms with Gasteiger partial charge in [-0.3, -0.25) is 19.2 Å². The molecule has 8 aromatic rings. The molecule has 0 heterocycles. The van der Waals surface area contributed by atoms with Crippen molar-refractivity contribution < 1.29 is 27.6 Å². The van der Waals surface area contributed by atoms with Gasteiger partial charge in [0.15, 0.2) is 23.1 Å². The summed E-state index contributed by atoms with van der Waals surface area (Å²) >= 11 is -0.750. The first-order valence-corrected chi connectivity index (χ1v) is 19.4. The van der Waals surface area contributed by atoms with Crippen molar-refractivity contribution in [3.05, 3.63) is 214 Å². The minimum absolute atomic E-state index is 0. The lowest BCUT2D eigenvalue weighted by atomic mass is 9.92. The number of rotatable bonds is 0. The van der Waals surface area contributed by atoms with Crippen LogP contribution in [0.4, 0.5) is 0 Å². The van der Waals surface area contributed by atoms with Crippen LogP contribution in [0.2, 0.25) is 0 Å². The van der Waals surface area contributed by atoms with Crippen molar-refractivity contribution in [1.29, 1.82) is 0 Å². The van der Waals surface area contributed by atoms with Crippen LogP contribution in [0.25, 0.3) is 67.4 Å². The fraction of sp³-hybridized carbons (Fsp3) is 0. The van der Waals surface area contributed by atoms with Gasteiger partial charge in [-0.15, -0.1) is 0 Å². The normalized spacial score (nSPS) is 12.7. The first-order valence-electron chi connectivity index (χ1n) is 18.7. The number of carbonyl (C=O) groups is 4. The Morgan fingerprint density at radius 3 is 0.639 bits per heavy atom. The third kappa shape index (κ3) is 8.81. The average Bonchev–Trinajstić information content (AvgIpc) is 3.27. The van der Waals surface area contributed by atoms with Gasteiger partial charge in [0, 0.05) is 43.8 Å².